The highest BCUT2D eigenvalue weighted by Gasteiger charge is 2.23. The highest BCUT2D eigenvalue weighted by Crippen LogP contribution is 2.20. The molecule has 0 radical (unpaired) electrons. The van der Waals surface area contributed by atoms with E-state index in [4.69, 9.17) is 9.26 Å². The molecular formula is C14H14FN3O3. The number of nitrogens with one attached hydrogen (secondary N) is 1. The number of aromatic nitrogens is 2. The van der Waals surface area contributed by atoms with E-state index in [0.29, 0.717) is 37.4 Å². The number of carbonyl (C=O) groups is 1. The van der Waals surface area contributed by atoms with Crippen LogP contribution in [0.25, 0.3) is 11.4 Å². The van der Waals surface area contributed by atoms with Crippen molar-refractivity contribution >= 4 is 11.9 Å². The normalized spacial score (nSPS) is 15.9. The fourth-order valence-electron chi connectivity index (χ4n) is 2.16. The second kappa shape index (κ2) is 6.01. The molecule has 2 aromatic rings. The molecule has 2 heterocycles. The van der Waals surface area contributed by atoms with Crippen molar-refractivity contribution in [2.45, 2.75) is 12.8 Å². The van der Waals surface area contributed by atoms with Gasteiger partial charge in [-0.1, -0.05) is 5.16 Å². The molecule has 0 aliphatic carbocycles. The third-order valence-electron chi connectivity index (χ3n) is 3.35. The lowest BCUT2D eigenvalue weighted by atomic mass is 10.00. The molecule has 6 nitrogen and oxygen atoms in total. The van der Waals surface area contributed by atoms with Gasteiger partial charge in [0, 0.05) is 24.7 Å². The molecule has 0 unspecified atom stereocenters. The van der Waals surface area contributed by atoms with Crippen molar-refractivity contribution in [1.29, 1.82) is 0 Å². The average molecular weight is 291 g/mol. The summed E-state index contributed by atoms with van der Waals surface area (Å²) in [5.74, 6) is -0.278. The first-order chi connectivity index (χ1) is 10.2. The SMILES string of the molecule is O=C(Nc1nc(-c2ccc(F)cc2)no1)C1CCOCC1. The van der Waals surface area contributed by atoms with Gasteiger partial charge in [0.15, 0.2) is 0 Å². The van der Waals surface area contributed by atoms with Crippen molar-refractivity contribution in [1.82, 2.24) is 10.1 Å². The molecule has 21 heavy (non-hydrogen) atoms. The van der Waals surface area contributed by atoms with Crippen LogP contribution in [0.2, 0.25) is 0 Å². The molecule has 1 saturated heterocycles. The summed E-state index contributed by atoms with van der Waals surface area (Å²) in [4.78, 5) is 16.1. The number of ether oxygens (including phenoxy) is 1. The Hall–Kier alpha value is -2.28. The number of nitrogens with zero attached hydrogens (tertiary/aromatic N) is 2. The van der Waals surface area contributed by atoms with E-state index in [2.05, 4.69) is 15.5 Å². The van der Waals surface area contributed by atoms with Crippen LogP contribution >= 0.6 is 0 Å². The minimum Gasteiger partial charge on any atom is -0.381 e. The summed E-state index contributed by atoms with van der Waals surface area (Å²) in [6.45, 7) is 1.17. The molecule has 1 aliphatic heterocycles. The zero-order valence-electron chi connectivity index (χ0n) is 11.2. The standard InChI is InChI=1S/C14H14FN3O3/c15-11-3-1-9(2-4-11)12-16-14(21-18-12)17-13(19)10-5-7-20-8-6-10/h1-4,10H,5-8H2,(H,16,17,18,19). The highest BCUT2D eigenvalue weighted by molar-refractivity contribution is 5.90. The number of carbonyl (C=O) groups excluding carboxylic acids is 1. The Morgan fingerprint density at radius 1 is 1.24 bits per heavy atom. The van der Waals surface area contributed by atoms with E-state index < -0.39 is 0 Å². The molecule has 110 valence electrons. The molecule has 1 aliphatic rings. The third-order valence-corrected chi connectivity index (χ3v) is 3.35. The lowest BCUT2D eigenvalue weighted by molar-refractivity contribution is -0.122. The van der Waals surface area contributed by atoms with Crippen LogP contribution in [-0.4, -0.2) is 29.3 Å². The number of anilines is 1. The number of rotatable bonds is 3. The average Bonchev–Trinajstić information content (AvgIpc) is 2.97. The lowest BCUT2D eigenvalue weighted by Gasteiger charge is -2.19. The molecular weight excluding hydrogens is 277 g/mol. The topological polar surface area (TPSA) is 77.3 Å². The summed E-state index contributed by atoms with van der Waals surface area (Å²) in [6.07, 6.45) is 1.37. The number of halogens is 1. The highest BCUT2D eigenvalue weighted by atomic mass is 19.1. The summed E-state index contributed by atoms with van der Waals surface area (Å²) >= 11 is 0. The predicted molar refractivity (Wildman–Crippen MR) is 71.9 cm³/mol. The number of amides is 1. The van der Waals surface area contributed by atoms with Crippen molar-refractivity contribution in [3.05, 3.63) is 30.1 Å². The van der Waals surface area contributed by atoms with E-state index in [1.165, 1.54) is 12.1 Å². The summed E-state index contributed by atoms with van der Waals surface area (Å²) < 4.78 is 23.1. The van der Waals surface area contributed by atoms with Gasteiger partial charge in [0.1, 0.15) is 5.82 Å². The van der Waals surface area contributed by atoms with Crippen LogP contribution in [0, 0.1) is 11.7 Å². The van der Waals surface area contributed by atoms with Crippen LogP contribution in [-0.2, 0) is 9.53 Å². The van der Waals surface area contributed by atoms with E-state index in [0.717, 1.165) is 0 Å². The van der Waals surface area contributed by atoms with Gasteiger partial charge in [-0.2, -0.15) is 4.98 Å². The predicted octanol–water partition coefficient (Wildman–Crippen LogP) is 2.24. The molecule has 3 rings (SSSR count). The van der Waals surface area contributed by atoms with Crippen molar-refractivity contribution in [3.8, 4) is 11.4 Å². The number of hydrogen-bond acceptors (Lipinski definition) is 5. The fourth-order valence-corrected chi connectivity index (χ4v) is 2.16. The molecule has 1 aromatic carbocycles. The molecule has 1 N–H and O–H groups in total. The van der Waals surface area contributed by atoms with Crippen LogP contribution in [0.4, 0.5) is 10.4 Å². The Morgan fingerprint density at radius 3 is 2.67 bits per heavy atom. The summed E-state index contributed by atoms with van der Waals surface area (Å²) in [5, 5.41) is 6.37. The Balaban J connectivity index is 1.67. The zero-order valence-corrected chi connectivity index (χ0v) is 11.2. The summed E-state index contributed by atoms with van der Waals surface area (Å²) in [7, 11) is 0. The van der Waals surface area contributed by atoms with Gasteiger partial charge in [-0.05, 0) is 37.1 Å². The van der Waals surface area contributed by atoms with Gasteiger partial charge in [0.25, 0.3) is 0 Å². The molecule has 0 bridgehead atoms. The second-order valence-corrected chi connectivity index (χ2v) is 4.81. The minimum atomic E-state index is -0.338. The maximum Gasteiger partial charge on any atom is 0.328 e. The summed E-state index contributed by atoms with van der Waals surface area (Å²) in [6, 6.07) is 5.76. The van der Waals surface area contributed by atoms with Crippen molar-refractivity contribution < 1.29 is 18.4 Å². The molecule has 7 heteroatoms. The third kappa shape index (κ3) is 3.25. The van der Waals surface area contributed by atoms with Crippen molar-refractivity contribution in [2.24, 2.45) is 5.92 Å². The monoisotopic (exact) mass is 291 g/mol. The van der Waals surface area contributed by atoms with Gasteiger partial charge in [-0.25, -0.2) is 4.39 Å². The summed E-state index contributed by atoms with van der Waals surface area (Å²) in [5.41, 5.74) is 0.617. The van der Waals surface area contributed by atoms with Crippen LogP contribution in [0.15, 0.2) is 28.8 Å². The van der Waals surface area contributed by atoms with E-state index in [-0.39, 0.29) is 23.7 Å². The Labute approximate surface area is 120 Å². The number of hydrogen-bond donors (Lipinski definition) is 1. The zero-order chi connectivity index (χ0) is 14.7. The minimum absolute atomic E-state index is 0.0471. The first-order valence-corrected chi connectivity index (χ1v) is 6.70. The first-order valence-electron chi connectivity index (χ1n) is 6.70. The van der Waals surface area contributed by atoms with E-state index in [1.54, 1.807) is 12.1 Å². The van der Waals surface area contributed by atoms with E-state index in [1.807, 2.05) is 0 Å². The van der Waals surface area contributed by atoms with Gasteiger partial charge >= 0.3 is 6.01 Å². The largest absolute Gasteiger partial charge is 0.381 e. The van der Waals surface area contributed by atoms with Crippen LogP contribution in [0.1, 0.15) is 12.8 Å². The van der Waals surface area contributed by atoms with Gasteiger partial charge in [0.2, 0.25) is 11.7 Å². The molecule has 0 saturated carbocycles. The van der Waals surface area contributed by atoms with E-state index >= 15 is 0 Å². The second-order valence-electron chi connectivity index (χ2n) is 4.81. The Morgan fingerprint density at radius 2 is 1.95 bits per heavy atom. The Kier molecular flexibility index (Phi) is 3.92. The lowest BCUT2D eigenvalue weighted by Crippen LogP contribution is -2.28. The molecule has 1 amide bonds. The fraction of sp³-hybridized carbons (Fsp3) is 0.357. The van der Waals surface area contributed by atoms with Gasteiger partial charge in [-0.3, -0.25) is 10.1 Å². The van der Waals surface area contributed by atoms with Crippen molar-refractivity contribution in [2.75, 3.05) is 18.5 Å². The van der Waals surface area contributed by atoms with Crippen LogP contribution < -0.4 is 5.32 Å². The molecule has 0 spiro atoms. The molecule has 0 atom stereocenters. The van der Waals surface area contributed by atoms with Crippen molar-refractivity contribution in [3.63, 3.8) is 0 Å². The quantitative estimate of drug-likeness (QED) is 0.938. The van der Waals surface area contributed by atoms with E-state index in [9.17, 15) is 9.18 Å². The van der Waals surface area contributed by atoms with Crippen LogP contribution in [0.5, 0.6) is 0 Å². The first kappa shape index (κ1) is 13.7. The van der Waals surface area contributed by atoms with Gasteiger partial charge < -0.3 is 9.26 Å². The maximum atomic E-state index is 12.9. The number of benzene rings is 1. The van der Waals surface area contributed by atoms with Gasteiger partial charge in [-0.15, -0.1) is 0 Å². The molecule has 1 fully saturated rings. The maximum absolute atomic E-state index is 12.9. The Bertz CT molecular complexity index is 621. The van der Waals surface area contributed by atoms with Crippen LogP contribution in [0.3, 0.4) is 0 Å². The van der Waals surface area contributed by atoms with Gasteiger partial charge in [0.05, 0.1) is 0 Å². The molecule has 1 aromatic heterocycles. The smallest absolute Gasteiger partial charge is 0.328 e.